The Morgan fingerprint density at radius 2 is 2.08 bits per heavy atom. The van der Waals surface area contributed by atoms with Crippen LogP contribution in [0, 0.1) is 5.92 Å². The summed E-state index contributed by atoms with van der Waals surface area (Å²) in [5, 5.41) is 2.91. The number of nitrogens with one attached hydrogen (secondary N) is 1. The van der Waals surface area contributed by atoms with Crippen LogP contribution in [0.1, 0.15) is 12.8 Å². The normalized spacial score (nSPS) is 28.5. The Morgan fingerprint density at radius 1 is 1.42 bits per heavy atom. The predicted octanol–water partition coefficient (Wildman–Crippen LogP) is 0.876. The van der Waals surface area contributed by atoms with Crippen molar-refractivity contribution in [3.63, 3.8) is 0 Å². The Bertz CT molecular complexity index is 140. The molecular formula is C7H13F3N2. The van der Waals surface area contributed by atoms with Crippen LogP contribution in [0.15, 0.2) is 0 Å². The van der Waals surface area contributed by atoms with Crippen molar-refractivity contribution in [2.45, 2.75) is 25.1 Å². The number of hydrogen-bond donors (Lipinski definition) is 2. The van der Waals surface area contributed by atoms with Crippen LogP contribution in [-0.2, 0) is 0 Å². The second-order valence-electron chi connectivity index (χ2n) is 3.17. The molecule has 0 saturated carbocycles. The fourth-order valence-electron chi connectivity index (χ4n) is 1.45. The summed E-state index contributed by atoms with van der Waals surface area (Å²) in [5.41, 5.74) is 5.06. The number of piperidine rings is 1. The molecule has 2 atom stereocenters. The highest BCUT2D eigenvalue weighted by Gasteiger charge is 2.41. The Hall–Kier alpha value is -0.290. The van der Waals surface area contributed by atoms with Crippen molar-refractivity contribution in [3.8, 4) is 0 Å². The highest BCUT2D eigenvalue weighted by molar-refractivity contribution is 4.83. The predicted molar refractivity (Wildman–Crippen MR) is 39.6 cm³/mol. The van der Waals surface area contributed by atoms with Gasteiger partial charge in [-0.3, -0.25) is 0 Å². The second kappa shape index (κ2) is 3.62. The van der Waals surface area contributed by atoms with Gasteiger partial charge in [0.1, 0.15) is 6.04 Å². The third-order valence-corrected chi connectivity index (χ3v) is 2.22. The molecule has 1 fully saturated rings. The molecule has 1 aliphatic heterocycles. The molecule has 1 rings (SSSR count). The topological polar surface area (TPSA) is 38.0 Å². The van der Waals surface area contributed by atoms with E-state index in [0.717, 1.165) is 13.0 Å². The Kier molecular flexibility index (Phi) is 2.95. The first-order valence-corrected chi connectivity index (χ1v) is 4.05. The Balaban J connectivity index is 2.45. The van der Waals surface area contributed by atoms with Gasteiger partial charge < -0.3 is 11.1 Å². The Morgan fingerprint density at radius 3 is 2.50 bits per heavy atom. The molecule has 2 nitrogen and oxygen atoms in total. The van der Waals surface area contributed by atoms with Crippen LogP contribution in [0.5, 0.6) is 0 Å². The Labute approximate surface area is 69.3 Å². The second-order valence-corrected chi connectivity index (χ2v) is 3.17. The molecule has 0 amide bonds. The van der Waals surface area contributed by atoms with Crippen molar-refractivity contribution >= 4 is 0 Å². The fraction of sp³-hybridized carbons (Fsp3) is 1.00. The van der Waals surface area contributed by atoms with Gasteiger partial charge in [-0.05, 0) is 31.8 Å². The summed E-state index contributed by atoms with van der Waals surface area (Å²) in [5.74, 6) is -0.446. The minimum atomic E-state index is -4.25. The molecule has 0 bridgehead atoms. The molecule has 12 heavy (non-hydrogen) atoms. The molecular weight excluding hydrogens is 169 g/mol. The summed E-state index contributed by atoms with van der Waals surface area (Å²) in [6, 6.07) is -1.66. The van der Waals surface area contributed by atoms with Crippen LogP contribution >= 0.6 is 0 Å². The average Bonchev–Trinajstić information content (AvgIpc) is 2.03. The zero-order valence-electron chi connectivity index (χ0n) is 6.69. The van der Waals surface area contributed by atoms with Gasteiger partial charge in [-0.2, -0.15) is 13.2 Å². The zero-order valence-corrected chi connectivity index (χ0v) is 6.69. The molecule has 0 aromatic rings. The standard InChI is InChI=1S/C7H13F3N2/c8-7(9,10)6(11)5-2-1-3-12-4-5/h5-6,12H,1-4,11H2/t5-,6+/m0/s1. The van der Waals surface area contributed by atoms with E-state index in [4.69, 9.17) is 5.73 Å². The number of halogens is 3. The number of hydrogen-bond acceptors (Lipinski definition) is 2. The highest BCUT2D eigenvalue weighted by atomic mass is 19.4. The summed E-state index contributed by atoms with van der Waals surface area (Å²) in [6.45, 7) is 1.20. The van der Waals surface area contributed by atoms with E-state index in [1.54, 1.807) is 0 Å². The lowest BCUT2D eigenvalue weighted by molar-refractivity contribution is -0.160. The van der Waals surface area contributed by atoms with E-state index in [2.05, 4.69) is 5.32 Å². The molecule has 0 aromatic carbocycles. The van der Waals surface area contributed by atoms with Crippen molar-refractivity contribution < 1.29 is 13.2 Å². The number of alkyl halides is 3. The number of rotatable bonds is 1. The summed E-state index contributed by atoms with van der Waals surface area (Å²) in [4.78, 5) is 0. The molecule has 72 valence electrons. The lowest BCUT2D eigenvalue weighted by Gasteiger charge is -2.29. The van der Waals surface area contributed by atoms with Crippen molar-refractivity contribution in [3.05, 3.63) is 0 Å². The zero-order chi connectivity index (χ0) is 9.19. The van der Waals surface area contributed by atoms with Crippen LogP contribution in [-0.4, -0.2) is 25.3 Å². The largest absolute Gasteiger partial charge is 0.403 e. The van der Waals surface area contributed by atoms with Gasteiger partial charge in [0, 0.05) is 0 Å². The van der Waals surface area contributed by atoms with Crippen molar-refractivity contribution in [2.75, 3.05) is 13.1 Å². The molecule has 1 heterocycles. The average molecular weight is 182 g/mol. The summed E-state index contributed by atoms with van der Waals surface area (Å²) < 4.78 is 36.2. The summed E-state index contributed by atoms with van der Waals surface area (Å²) in [7, 11) is 0. The van der Waals surface area contributed by atoms with Crippen molar-refractivity contribution in [1.82, 2.24) is 5.32 Å². The molecule has 0 aromatic heterocycles. The van der Waals surface area contributed by atoms with Gasteiger partial charge >= 0.3 is 6.18 Å². The van der Waals surface area contributed by atoms with Crippen LogP contribution in [0.3, 0.4) is 0 Å². The molecule has 0 aliphatic carbocycles. The van der Waals surface area contributed by atoms with Crippen molar-refractivity contribution in [1.29, 1.82) is 0 Å². The minimum absolute atomic E-state index is 0.390. The van der Waals surface area contributed by atoms with Gasteiger partial charge in [-0.15, -0.1) is 0 Å². The lowest BCUT2D eigenvalue weighted by atomic mass is 9.92. The van der Waals surface area contributed by atoms with E-state index in [-0.39, 0.29) is 0 Å². The molecule has 0 radical (unpaired) electrons. The lowest BCUT2D eigenvalue weighted by Crippen LogP contribution is -2.49. The molecule has 0 spiro atoms. The summed E-state index contributed by atoms with van der Waals surface area (Å²) >= 11 is 0. The quantitative estimate of drug-likeness (QED) is 0.631. The van der Waals surface area contributed by atoms with E-state index in [1.807, 2.05) is 0 Å². The fourth-order valence-corrected chi connectivity index (χ4v) is 1.45. The maximum Gasteiger partial charge on any atom is 0.403 e. The van der Waals surface area contributed by atoms with Crippen LogP contribution in [0.4, 0.5) is 13.2 Å². The number of nitrogens with two attached hydrogens (primary N) is 1. The van der Waals surface area contributed by atoms with Crippen molar-refractivity contribution in [2.24, 2.45) is 11.7 Å². The van der Waals surface area contributed by atoms with Crippen LogP contribution < -0.4 is 11.1 Å². The van der Waals surface area contributed by atoms with Gasteiger partial charge in [0.2, 0.25) is 0 Å². The van der Waals surface area contributed by atoms with E-state index in [9.17, 15) is 13.2 Å². The van der Waals surface area contributed by atoms with Gasteiger partial charge in [-0.1, -0.05) is 0 Å². The monoisotopic (exact) mass is 182 g/mol. The smallest absolute Gasteiger partial charge is 0.320 e. The van der Waals surface area contributed by atoms with E-state index in [1.165, 1.54) is 0 Å². The summed E-state index contributed by atoms with van der Waals surface area (Å²) in [6.07, 6.45) is -2.88. The SMILES string of the molecule is N[C@H]([C@H]1CCCNC1)C(F)(F)F. The molecule has 5 heteroatoms. The van der Waals surface area contributed by atoms with Gasteiger partial charge in [0.15, 0.2) is 0 Å². The van der Waals surface area contributed by atoms with Gasteiger partial charge in [0.25, 0.3) is 0 Å². The van der Waals surface area contributed by atoms with Gasteiger partial charge in [-0.25, -0.2) is 0 Å². The molecule has 1 aliphatic rings. The van der Waals surface area contributed by atoms with E-state index in [0.29, 0.717) is 13.0 Å². The van der Waals surface area contributed by atoms with Crippen LogP contribution in [0.2, 0.25) is 0 Å². The van der Waals surface area contributed by atoms with E-state index >= 15 is 0 Å². The van der Waals surface area contributed by atoms with Crippen LogP contribution in [0.25, 0.3) is 0 Å². The maximum atomic E-state index is 12.1. The maximum absolute atomic E-state index is 12.1. The highest BCUT2D eigenvalue weighted by Crippen LogP contribution is 2.27. The molecule has 0 unspecified atom stereocenters. The van der Waals surface area contributed by atoms with Gasteiger partial charge in [0.05, 0.1) is 0 Å². The minimum Gasteiger partial charge on any atom is -0.320 e. The third kappa shape index (κ3) is 2.35. The first-order chi connectivity index (χ1) is 5.52. The van der Waals surface area contributed by atoms with E-state index < -0.39 is 18.1 Å². The molecule has 3 N–H and O–H groups in total. The third-order valence-electron chi connectivity index (χ3n) is 2.22. The first kappa shape index (κ1) is 9.80. The molecule has 1 saturated heterocycles. The first-order valence-electron chi connectivity index (χ1n) is 4.05.